The van der Waals surface area contributed by atoms with Crippen molar-refractivity contribution < 1.29 is 4.74 Å². The standard InChI is InChI=1S/C20H26N6OS.HI/c1-15-6-8-17(9-7-15)27-11-10-21-20(22-13-18-5-4-12-28-18)23-14-19-25-24-16(2)26(19)3;/h4-9,12H,10-11,13-14H2,1-3H3,(H2,21,22,23);1H. The van der Waals surface area contributed by atoms with E-state index in [1.54, 1.807) is 11.3 Å². The fourth-order valence-electron chi connectivity index (χ4n) is 2.47. The second kappa shape index (κ2) is 11.8. The van der Waals surface area contributed by atoms with Crippen molar-refractivity contribution in [3.8, 4) is 5.75 Å². The Morgan fingerprint density at radius 1 is 1.14 bits per heavy atom. The van der Waals surface area contributed by atoms with Crippen molar-refractivity contribution in [2.45, 2.75) is 26.9 Å². The van der Waals surface area contributed by atoms with E-state index in [0.29, 0.717) is 19.7 Å². The minimum absolute atomic E-state index is 0. The monoisotopic (exact) mass is 526 g/mol. The molecular formula is C20H27IN6OS. The summed E-state index contributed by atoms with van der Waals surface area (Å²) in [6.45, 7) is 6.35. The van der Waals surface area contributed by atoms with Crippen LogP contribution in [0.15, 0.2) is 46.8 Å². The summed E-state index contributed by atoms with van der Waals surface area (Å²) in [7, 11) is 1.95. The normalized spacial score (nSPS) is 11.1. The molecule has 0 aliphatic rings. The molecule has 9 heteroatoms. The van der Waals surface area contributed by atoms with E-state index in [4.69, 9.17) is 4.74 Å². The SMILES string of the molecule is Cc1ccc(OCCNC(=NCc2nnc(C)n2C)NCc2cccs2)cc1.I. The lowest BCUT2D eigenvalue weighted by Gasteiger charge is -2.13. The molecule has 0 amide bonds. The number of ether oxygens (including phenoxy) is 1. The number of aryl methyl sites for hydroxylation is 2. The third kappa shape index (κ3) is 7.32. The lowest BCUT2D eigenvalue weighted by molar-refractivity contribution is 0.322. The molecule has 2 N–H and O–H groups in total. The number of benzene rings is 1. The number of thiophene rings is 1. The minimum Gasteiger partial charge on any atom is -0.492 e. The Morgan fingerprint density at radius 2 is 1.93 bits per heavy atom. The summed E-state index contributed by atoms with van der Waals surface area (Å²) in [4.78, 5) is 5.89. The summed E-state index contributed by atoms with van der Waals surface area (Å²) in [6, 6.07) is 12.2. The van der Waals surface area contributed by atoms with Gasteiger partial charge in [0, 0.05) is 11.9 Å². The highest BCUT2D eigenvalue weighted by Gasteiger charge is 2.06. The molecule has 0 saturated carbocycles. The van der Waals surface area contributed by atoms with E-state index in [0.717, 1.165) is 29.9 Å². The summed E-state index contributed by atoms with van der Waals surface area (Å²) in [5, 5.41) is 17.0. The van der Waals surface area contributed by atoms with Gasteiger partial charge >= 0.3 is 0 Å². The maximum Gasteiger partial charge on any atom is 0.192 e. The molecule has 2 aromatic heterocycles. The Kier molecular flexibility index (Phi) is 9.39. The van der Waals surface area contributed by atoms with Gasteiger partial charge < -0.3 is 19.9 Å². The Bertz CT molecular complexity index is 892. The Labute approximate surface area is 192 Å². The van der Waals surface area contributed by atoms with Crippen LogP contribution < -0.4 is 15.4 Å². The minimum atomic E-state index is 0. The van der Waals surface area contributed by atoms with E-state index >= 15 is 0 Å². The number of rotatable bonds is 8. The molecular weight excluding hydrogens is 499 g/mol. The quantitative estimate of drug-likeness (QED) is 0.204. The maximum absolute atomic E-state index is 5.78. The summed E-state index contributed by atoms with van der Waals surface area (Å²) in [5.41, 5.74) is 1.22. The Morgan fingerprint density at radius 3 is 2.59 bits per heavy atom. The number of aromatic nitrogens is 3. The highest BCUT2D eigenvalue weighted by Crippen LogP contribution is 2.11. The van der Waals surface area contributed by atoms with Crippen LogP contribution in [0.2, 0.25) is 0 Å². The molecule has 7 nitrogen and oxygen atoms in total. The number of hydrogen-bond acceptors (Lipinski definition) is 5. The van der Waals surface area contributed by atoms with E-state index < -0.39 is 0 Å². The Balaban J connectivity index is 0.00000300. The summed E-state index contributed by atoms with van der Waals surface area (Å²) >= 11 is 1.72. The molecule has 29 heavy (non-hydrogen) atoms. The van der Waals surface area contributed by atoms with Crippen LogP contribution in [-0.2, 0) is 20.1 Å². The van der Waals surface area contributed by atoms with Crippen LogP contribution in [0.25, 0.3) is 0 Å². The zero-order chi connectivity index (χ0) is 19.8. The van der Waals surface area contributed by atoms with Crippen LogP contribution in [0.1, 0.15) is 22.1 Å². The fraction of sp³-hybridized carbons (Fsp3) is 0.350. The van der Waals surface area contributed by atoms with Crippen molar-refractivity contribution in [3.63, 3.8) is 0 Å². The summed E-state index contributed by atoms with van der Waals surface area (Å²) in [5.74, 6) is 3.29. The number of guanidine groups is 1. The van der Waals surface area contributed by atoms with Crippen molar-refractivity contribution in [2.24, 2.45) is 12.0 Å². The van der Waals surface area contributed by atoms with Gasteiger partial charge in [-0.25, -0.2) is 4.99 Å². The van der Waals surface area contributed by atoms with Gasteiger partial charge in [0.15, 0.2) is 11.8 Å². The van der Waals surface area contributed by atoms with Crippen molar-refractivity contribution in [3.05, 3.63) is 63.9 Å². The second-order valence-electron chi connectivity index (χ2n) is 6.41. The molecule has 3 aromatic rings. The molecule has 0 atom stereocenters. The summed E-state index contributed by atoms with van der Waals surface area (Å²) in [6.07, 6.45) is 0. The molecule has 1 aromatic carbocycles. The average Bonchev–Trinajstić information content (AvgIpc) is 3.33. The number of aliphatic imine (C=N–C) groups is 1. The van der Waals surface area contributed by atoms with E-state index in [1.807, 2.05) is 48.9 Å². The topological polar surface area (TPSA) is 76.4 Å². The number of halogens is 1. The van der Waals surface area contributed by atoms with Crippen LogP contribution in [0.4, 0.5) is 0 Å². The first kappa shape index (κ1) is 23.1. The fourth-order valence-corrected chi connectivity index (χ4v) is 3.11. The largest absolute Gasteiger partial charge is 0.492 e. The van der Waals surface area contributed by atoms with E-state index in [1.165, 1.54) is 10.4 Å². The van der Waals surface area contributed by atoms with Gasteiger partial charge in [-0.05, 0) is 37.4 Å². The molecule has 156 valence electrons. The van der Waals surface area contributed by atoms with Crippen molar-refractivity contribution in [2.75, 3.05) is 13.2 Å². The van der Waals surface area contributed by atoms with Crippen LogP contribution >= 0.6 is 35.3 Å². The highest BCUT2D eigenvalue weighted by atomic mass is 127. The van der Waals surface area contributed by atoms with Crippen LogP contribution in [-0.4, -0.2) is 33.9 Å². The molecule has 0 radical (unpaired) electrons. The lowest BCUT2D eigenvalue weighted by atomic mass is 10.2. The molecule has 0 saturated heterocycles. The highest BCUT2D eigenvalue weighted by molar-refractivity contribution is 14.0. The van der Waals surface area contributed by atoms with Gasteiger partial charge in [-0.15, -0.1) is 45.5 Å². The third-order valence-corrected chi connectivity index (χ3v) is 5.13. The van der Waals surface area contributed by atoms with Crippen LogP contribution in [0.5, 0.6) is 5.75 Å². The average molecular weight is 526 g/mol. The number of nitrogens with one attached hydrogen (secondary N) is 2. The molecule has 3 rings (SSSR count). The smallest absolute Gasteiger partial charge is 0.192 e. The molecule has 0 unspecified atom stereocenters. The molecule has 2 heterocycles. The van der Waals surface area contributed by atoms with E-state index in [-0.39, 0.29) is 24.0 Å². The van der Waals surface area contributed by atoms with E-state index in [9.17, 15) is 0 Å². The first-order chi connectivity index (χ1) is 13.6. The lowest BCUT2D eigenvalue weighted by Crippen LogP contribution is -2.39. The molecule has 0 bridgehead atoms. The van der Waals surface area contributed by atoms with Crippen molar-refractivity contribution in [1.82, 2.24) is 25.4 Å². The first-order valence-corrected chi connectivity index (χ1v) is 10.1. The maximum atomic E-state index is 5.78. The van der Waals surface area contributed by atoms with Crippen LogP contribution in [0.3, 0.4) is 0 Å². The van der Waals surface area contributed by atoms with Gasteiger partial charge in [0.25, 0.3) is 0 Å². The van der Waals surface area contributed by atoms with Gasteiger partial charge in [-0.3, -0.25) is 0 Å². The van der Waals surface area contributed by atoms with Gasteiger partial charge in [0.2, 0.25) is 0 Å². The van der Waals surface area contributed by atoms with Gasteiger partial charge in [0.05, 0.1) is 13.1 Å². The number of nitrogens with zero attached hydrogens (tertiary/aromatic N) is 4. The summed E-state index contributed by atoms with van der Waals surface area (Å²) < 4.78 is 7.72. The van der Waals surface area contributed by atoms with Gasteiger partial charge in [-0.2, -0.15) is 0 Å². The van der Waals surface area contributed by atoms with E-state index in [2.05, 4.69) is 44.2 Å². The molecule has 0 aliphatic carbocycles. The number of hydrogen-bond donors (Lipinski definition) is 2. The zero-order valence-electron chi connectivity index (χ0n) is 16.9. The predicted octanol–water partition coefficient (Wildman–Crippen LogP) is 3.43. The second-order valence-corrected chi connectivity index (χ2v) is 7.44. The predicted molar refractivity (Wildman–Crippen MR) is 128 cm³/mol. The third-order valence-electron chi connectivity index (χ3n) is 4.26. The Hall–Kier alpha value is -2.14. The molecule has 0 fully saturated rings. The molecule has 0 aliphatic heterocycles. The van der Waals surface area contributed by atoms with Crippen LogP contribution in [0, 0.1) is 13.8 Å². The van der Waals surface area contributed by atoms with Crippen molar-refractivity contribution in [1.29, 1.82) is 0 Å². The van der Waals surface area contributed by atoms with Gasteiger partial charge in [-0.1, -0.05) is 23.8 Å². The van der Waals surface area contributed by atoms with Gasteiger partial charge in [0.1, 0.15) is 24.7 Å². The first-order valence-electron chi connectivity index (χ1n) is 9.21. The van der Waals surface area contributed by atoms with Crippen molar-refractivity contribution >= 4 is 41.3 Å². The molecule has 0 spiro atoms. The zero-order valence-corrected chi connectivity index (χ0v) is 20.0.